The number of aryl methyl sites for hydroxylation is 1. The number of thiazole rings is 1. The first-order chi connectivity index (χ1) is 8.84. The summed E-state index contributed by atoms with van der Waals surface area (Å²) in [6.45, 7) is 6.94. The van der Waals surface area contributed by atoms with Gasteiger partial charge in [-0.05, 0) is 37.4 Å². The Balaban J connectivity index is 2.44. The van der Waals surface area contributed by atoms with E-state index in [1.54, 1.807) is 0 Å². The SMILES string of the molecule is Cc1[nH]c(=S)sc1CC(=O)NCC(C)(C)CCCO. The van der Waals surface area contributed by atoms with Gasteiger partial charge in [-0.25, -0.2) is 0 Å². The fourth-order valence-electron chi connectivity index (χ4n) is 1.80. The smallest absolute Gasteiger partial charge is 0.225 e. The van der Waals surface area contributed by atoms with Crippen LogP contribution in [0.4, 0.5) is 0 Å². The summed E-state index contributed by atoms with van der Waals surface area (Å²) in [7, 11) is 0. The lowest BCUT2D eigenvalue weighted by molar-refractivity contribution is -0.120. The van der Waals surface area contributed by atoms with Crippen LogP contribution in [0, 0.1) is 16.3 Å². The molecule has 1 aromatic heterocycles. The van der Waals surface area contributed by atoms with Crippen molar-refractivity contribution in [3.8, 4) is 0 Å². The van der Waals surface area contributed by atoms with Gasteiger partial charge in [0, 0.05) is 23.7 Å². The van der Waals surface area contributed by atoms with E-state index in [0.717, 1.165) is 23.4 Å². The van der Waals surface area contributed by atoms with Crippen LogP contribution in [0.15, 0.2) is 0 Å². The van der Waals surface area contributed by atoms with Crippen LogP contribution >= 0.6 is 23.6 Å². The Bertz CT molecular complexity index is 477. The van der Waals surface area contributed by atoms with Crippen LogP contribution in [0.25, 0.3) is 0 Å². The maximum Gasteiger partial charge on any atom is 0.225 e. The summed E-state index contributed by atoms with van der Waals surface area (Å²) in [5.74, 6) is 0.0189. The van der Waals surface area contributed by atoms with E-state index in [4.69, 9.17) is 17.3 Å². The Hall–Kier alpha value is -0.720. The number of hydrogen-bond acceptors (Lipinski definition) is 4. The van der Waals surface area contributed by atoms with Crippen molar-refractivity contribution >= 4 is 29.5 Å². The lowest BCUT2D eigenvalue weighted by Crippen LogP contribution is -2.35. The van der Waals surface area contributed by atoms with Gasteiger partial charge in [-0.2, -0.15) is 0 Å². The van der Waals surface area contributed by atoms with Gasteiger partial charge >= 0.3 is 0 Å². The van der Waals surface area contributed by atoms with Gasteiger partial charge in [-0.1, -0.05) is 13.8 Å². The molecule has 0 unspecified atom stereocenters. The molecule has 108 valence electrons. The maximum atomic E-state index is 11.9. The number of H-pyrrole nitrogens is 1. The molecule has 1 aromatic rings. The third-order valence-corrected chi connectivity index (χ3v) is 4.36. The largest absolute Gasteiger partial charge is 0.396 e. The predicted octanol–water partition coefficient (Wildman–Crippen LogP) is 2.57. The van der Waals surface area contributed by atoms with Crippen molar-refractivity contribution in [3.63, 3.8) is 0 Å². The molecule has 3 N–H and O–H groups in total. The summed E-state index contributed by atoms with van der Waals surface area (Å²) < 4.78 is 0.712. The standard InChI is InChI=1S/C13H22N2O2S2/c1-9-10(19-12(18)15-9)7-11(17)14-8-13(2,3)5-4-6-16/h16H,4-8H2,1-3H3,(H,14,17)(H,15,18). The third-order valence-electron chi connectivity index (χ3n) is 3.02. The van der Waals surface area contributed by atoms with E-state index in [2.05, 4.69) is 24.1 Å². The van der Waals surface area contributed by atoms with Crippen LogP contribution in [0.3, 0.4) is 0 Å². The molecule has 0 spiro atoms. The molecule has 19 heavy (non-hydrogen) atoms. The van der Waals surface area contributed by atoms with E-state index < -0.39 is 0 Å². The molecule has 1 heterocycles. The van der Waals surface area contributed by atoms with Crippen molar-refractivity contribution in [1.82, 2.24) is 10.3 Å². The second kappa shape index (κ2) is 7.17. The zero-order valence-electron chi connectivity index (χ0n) is 11.7. The highest BCUT2D eigenvalue weighted by Crippen LogP contribution is 2.21. The molecular weight excluding hydrogens is 280 g/mol. The minimum absolute atomic E-state index is 0.0121. The van der Waals surface area contributed by atoms with Crippen LogP contribution in [0.1, 0.15) is 37.3 Å². The van der Waals surface area contributed by atoms with E-state index in [0.29, 0.717) is 16.9 Å². The molecule has 0 saturated carbocycles. The quantitative estimate of drug-likeness (QED) is 0.678. The molecule has 0 aromatic carbocycles. The summed E-state index contributed by atoms with van der Waals surface area (Å²) in [6, 6.07) is 0. The van der Waals surface area contributed by atoms with E-state index in [-0.39, 0.29) is 17.9 Å². The second-order valence-corrected chi connectivity index (χ2v) is 7.28. The molecule has 0 aliphatic heterocycles. The van der Waals surface area contributed by atoms with E-state index in [9.17, 15) is 4.79 Å². The average Bonchev–Trinajstić information content (AvgIpc) is 2.63. The van der Waals surface area contributed by atoms with Crippen LogP contribution < -0.4 is 5.32 Å². The molecule has 0 bridgehead atoms. The maximum absolute atomic E-state index is 11.9. The van der Waals surface area contributed by atoms with Crippen molar-refractivity contribution in [2.45, 2.75) is 40.0 Å². The predicted molar refractivity (Wildman–Crippen MR) is 81.1 cm³/mol. The zero-order valence-corrected chi connectivity index (χ0v) is 13.3. The Morgan fingerprint density at radius 2 is 2.21 bits per heavy atom. The number of aliphatic hydroxyl groups excluding tert-OH is 1. The van der Waals surface area contributed by atoms with Gasteiger partial charge in [-0.15, -0.1) is 11.3 Å². The number of nitrogens with one attached hydrogen (secondary N) is 2. The van der Waals surface area contributed by atoms with Gasteiger partial charge in [0.05, 0.1) is 6.42 Å². The van der Waals surface area contributed by atoms with Crippen LogP contribution in [-0.4, -0.2) is 29.1 Å². The molecular formula is C13H22N2O2S2. The molecule has 4 nitrogen and oxygen atoms in total. The first kappa shape index (κ1) is 16.3. The first-order valence-corrected chi connectivity index (χ1v) is 7.63. The van der Waals surface area contributed by atoms with E-state index >= 15 is 0 Å². The van der Waals surface area contributed by atoms with E-state index in [1.807, 2.05) is 6.92 Å². The molecule has 0 aliphatic rings. The van der Waals surface area contributed by atoms with Crippen molar-refractivity contribution in [3.05, 3.63) is 14.5 Å². The number of amides is 1. The minimum Gasteiger partial charge on any atom is -0.396 e. The first-order valence-electron chi connectivity index (χ1n) is 6.40. The highest BCUT2D eigenvalue weighted by atomic mass is 32.1. The number of rotatable bonds is 7. The van der Waals surface area contributed by atoms with Crippen molar-refractivity contribution in [2.24, 2.45) is 5.41 Å². The molecule has 1 rings (SSSR count). The van der Waals surface area contributed by atoms with E-state index in [1.165, 1.54) is 11.3 Å². The van der Waals surface area contributed by atoms with Crippen LogP contribution in [0.2, 0.25) is 0 Å². The van der Waals surface area contributed by atoms with Gasteiger partial charge in [0.15, 0.2) is 3.95 Å². The number of carbonyl (C=O) groups is 1. The summed E-state index contributed by atoms with van der Waals surface area (Å²) >= 11 is 6.51. The van der Waals surface area contributed by atoms with Crippen molar-refractivity contribution in [2.75, 3.05) is 13.2 Å². The van der Waals surface area contributed by atoms with Gasteiger partial charge in [0.25, 0.3) is 0 Å². The molecule has 1 amide bonds. The zero-order chi connectivity index (χ0) is 14.5. The fraction of sp³-hybridized carbons (Fsp3) is 0.692. The lowest BCUT2D eigenvalue weighted by Gasteiger charge is -2.24. The number of aliphatic hydroxyl groups is 1. The molecule has 0 atom stereocenters. The molecule has 6 heteroatoms. The van der Waals surface area contributed by atoms with Gasteiger partial charge in [0.2, 0.25) is 5.91 Å². The topological polar surface area (TPSA) is 65.1 Å². The fourth-order valence-corrected chi connectivity index (χ4v) is 3.09. The molecule has 0 radical (unpaired) electrons. The molecule has 0 aliphatic carbocycles. The number of carbonyl (C=O) groups excluding carboxylic acids is 1. The normalized spacial score (nSPS) is 11.6. The second-order valence-electron chi connectivity index (χ2n) is 5.51. The summed E-state index contributed by atoms with van der Waals surface area (Å²) in [5.41, 5.74) is 0.989. The number of hydrogen-bond donors (Lipinski definition) is 3. The summed E-state index contributed by atoms with van der Waals surface area (Å²) in [4.78, 5) is 15.9. The summed E-state index contributed by atoms with van der Waals surface area (Å²) in [6.07, 6.45) is 2.03. The highest BCUT2D eigenvalue weighted by molar-refractivity contribution is 7.73. The van der Waals surface area contributed by atoms with Gasteiger partial charge in [-0.3, -0.25) is 4.79 Å². The Morgan fingerprint density at radius 1 is 1.53 bits per heavy atom. The summed E-state index contributed by atoms with van der Waals surface area (Å²) in [5, 5.41) is 11.8. The number of aromatic nitrogens is 1. The third kappa shape index (κ3) is 5.84. The van der Waals surface area contributed by atoms with Crippen molar-refractivity contribution in [1.29, 1.82) is 0 Å². The Morgan fingerprint density at radius 3 is 2.74 bits per heavy atom. The monoisotopic (exact) mass is 302 g/mol. The number of aromatic amines is 1. The Labute approximate surface area is 123 Å². The van der Waals surface area contributed by atoms with Crippen molar-refractivity contribution < 1.29 is 9.90 Å². The molecule has 0 fully saturated rings. The Kier molecular flexibility index (Phi) is 6.16. The van der Waals surface area contributed by atoms with Gasteiger partial charge < -0.3 is 15.4 Å². The average molecular weight is 302 g/mol. The van der Waals surface area contributed by atoms with Gasteiger partial charge in [0.1, 0.15) is 0 Å². The highest BCUT2D eigenvalue weighted by Gasteiger charge is 2.18. The molecule has 0 saturated heterocycles. The van der Waals surface area contributed by atoms with Crippen LogP contribution in [-0.2, 0) is 11.2 Å². The van der Waals surface area contributed by atoms with Crippen LogP contribution in [0.5, 0.6) is 0 Å². The minimum atomic E-state index is 0.0121. The lowest BCUT2D eigenvalue weighted by atomic mass is 9.88.